The lowest BCUT2D eigenvalue weighted by Crippen LogP contribution is -2.15. The van der Waals surface area contributed by atoms with Crippen molar-refractivity contribution in [1.29, 1.82) is 0 Å². The van der Waals surface area contributed by atoms with Crippen LogP contribution < -0.4 is 5.32 Å². The number of carbonyl (C=O) groups is 1. The van der Waals surface area contributed by atoms with Crippen molar-refractivity contribution in [3.05, 3.63) is 59.4 Å². The Morgan fingerprint density at radius 2 is 2.15 bits per heavy atom. The maximum Gasteiger partial charge on any atom is 0.230 e. The van der Waals surface area contributed by atoms with Crippen LogP contribution >= 0.6 is 23.1 Å². The molecule has 1 unspecified atom stereocenters. The van der Waals surface area contributed by atoms with Gasteiger partial charge in [0, 0.05) is 12.5 Å². The van der Waals surface area contributed by atoms with Gasteiger partial charge in [0.2, 0.25) is 11.8 Å². The largest absolute Gasteiger partial charge is 0.445 e. The van der Waals surface area contributed by atoms with E-state index in [1.807, 2.05) is 13.8 Å². The molecule has 0 saturated carbocycles. The van der Waals surface area contributed by atoms with Crippen LogP contribution in [0, 0.1) is 11.6 Å². The quantitative estimate of drug-likeness (QED) is 0.556. The number of hydrogen-bond acceptors (Lipinski definition) is 6. The fraction of sp³-hybridized carbons (Fsp3) is 0.278. The Kier molecular flexibility index (Phi) is 6.22. The van der Waals surface area contributed by atoms with Crippen LogP contribution in [0.25, 0.3) is 0 Å². The predicted octanol–water partition coefficient (Wildman–Crippen LogP) is 5.01. The number of oxazole rings is 1. The second-order valence-electron chi connectivity index (χ2n) is 5.72. The van der Waals surface area contributed by atoms with Crippen molar-refractivity contribution >= 4 is 34.1 Å². The van der Waals surface area contributed by atoms with E-state index in [1.165, 1.54) is 29.2 Å². The van der Waals surface area contributed by atoms with Crippen molar-refractivity contribution < 1.29 is 18.0 Å². The lowest BCUT2D eigenvalue weighted by Gasteiger charge is -2.04. The minimum Gasteiger partial charge on any atom is -0.445 e. The maximum atomic E-state index is 13.6. The molecule has 0 spiro atoms. The molecule has 0 aliphatic rings. The molecule has 1 amide bonds. The van der Waals surface area contributed by atoms with E-state index in [-0.39, 0.29) is 17.2 Å². The summed E-state index contributed by atoms with van der Waals surface area (Å²) in [5.74, 6) is -0.360. The molecule has 1 N–H and O–H groups in total. The Hall–Kier alpha value is -2.26. The van der Waals surface area contributed by atoms with Crippen molar-refractivity contribution in [2.45, 2.75) is 36.1 Å². The molecular formula is C18H17F2N3O2S2. The number of nitrogens with zero attached hydrogens (tertiary/aromatic N) is 2. The molecule has 0 radical (unpaired) electrons. The average Bonchev–Trinajstić information content (AvgIpc) is 3.27. The lowest BCUT2D eigenvalue weighted by atomic mass is 10.1. The van der Waals surface area contributed by atoms with Crippen LogP contribution in [0.4, 0.5) is 13.9 Å². The minimum atomic E-state index is -0.744. The number of halogens is 2. The summed E-state index contributed by atoms with van der Waals surface area (Å²) in [7, 11) is 0. The third kappa shape index (κ3) is 5.14. The number of thiazole rings is 1. The monoisotopic (exact) mass is 409 g/mol. The number of carbonyl (C=O) groups excluding carboxylic acids is 1. The Bertz CT molecular complexity index is 942. The summed E-state index contributed by atoms with van der Waals surface area (Å²) in [4.78, 5) is 20.5. The van der Waals surface area contributed by atoms with E-state index in [9.17, 15) is 13.6 Å². The van der Waals surface area contributed by atoms with Crippen LogP contribution in [-0.4, -0.2) is 15.9 Å². The molecule has 2 aromatic heterocycles. The van der Waals surface area contributed by atoms with E-state index in [0.29, 0.717) is 11.0 Å². The predicted molar refractivity (Wildman–Crippen MR) is 101 cm³/mol. The molecule has 0 aliphatic carbocycles. The molecule has 1 aromatic carbocycles. The number of hydrogen-bond donors (Lipinski definition) is 1. The van der Waals surface area contributed by atoms with Gasteiger partial charge in [-0.2, -0.15) is 0 Å². The van der Waals surface area contributed by atoms with Crippen LogP contribution in [0.1, 0.15) is 36.3 Å². The molecule has 3 rings (SSSR count). The summed E-state index contributed by atoms with van der Waals surface area (Å²) in [6.07, 6.45) is 3.97. The van der Waals surface area contributed by atoms with E-state index in [0.717, 1.165) is 28.5 Å². The first-order valence-electron chi connectivity index (χ1n) is 8.25. The smallest absolute Gasteiger partial charge is 0.230 e. The fourth-order valence-electron chi connectivity index (χ4n) is 2.27. The summed E-state index contributed by atoms with van der Waals surface area (Å²) in [5.41, 5.74) is 0.129. The van der Waals surface area contributed by atoms with Crippen LogP contribution in [0.15, 0.2) is 39.2 Å². The summed E-state index contributed by atoms with van der Waals surface area (Å²) in [6, 6.07) is 3.14. The molecule has 1 atom stereocenters. The number of thioether (sulfide) groups is 1. The summed E-state index contributed by atoms with van der Waals surface area (Å²) in [6.45, 7) is 3.98. The molecule has 3 aromatic rings. The van der Waals surface area contributed by atoms with Crippen LogP contribution in [0.2, 0.25) is 0 Å². The number of rotatable bonds is 7. The number of anilines is 1. The molecule has 2 heterocycles. The van der Waals surface area contributed by atoms with Crippen molar-refractivity contribution in [2.24, 2.45) is 0 Å². The Morgan fingerprint density at radius 1 is 1.33 bits per heavy atom. The summed E-state index contributed by atoms with van der Waals surface area (Å²) in [5, 5.41) is 3.05. The standard InChI is InChI=1S/C18H17F2N3O2S2/c1-3-13-8-21-17(25-13)10(2)26-16-9-22-18(27-16)23-15(24)6-11-4-5-12(19)7-14(11)20/h4-5,7-10H,3,6H2,1-2H3,(H,22,23,24). The number of benzene rings is 1. The first-order valence-corrected chi connectivity index (χ1v) is 9.95. The van der Waals surface area contributed by atoms with Crippen molar-refractivity contribution in [1.82, 2.24) is 9.97 Å². The van der Waals surface area contributed by atoms with Gasteiger partial charge in [-0.05, 0) is 18.6 Å². The van der Waals surface area contributed by atoms with Crippen LogP contribution in [0.5, 0.6) is 0 Å². The van der Waals surface area contributed by atoms with Gasteiger partial charge in [-0.25, -0.2) is 18.7 Å². The zero-order valence-electron chi connectivity index (χ0n) is 14.7. The maximum absolute atomic E-state index is 13.6. The fourth-order valence-corrected chi connectivity index (χ4v) is 4.37. The average molecular weight is 409 g/mol. The van der Waals surface area contributed by atoms with E-state index < -0.39 is 17.5 Å². The number of amides is 1. The molecule has 0 fully saturated rings. The second-order valence-corrected chi connectivity index (χ2v) is 8.40. The highest BCUT2D eigenvalue weighted by Crippen LogP contribution is 2.38. The zero-order valence-corrected chi connectivity index (χ0v) is 16.3. The molecular weight excluding hydrogens is 392 g/mol. The Morgan fingerprint density at radius 3 is 2.85 bits per heavy atom. The van der Waals surface area contributed by atoms with Gasteiger partial charge in [-0.1, -0.05) is 24.3 Å². The molecule has 27 heavy (non-hydrogen) atoms. The third-order valence-electron chi connectivity index (χ3n) is 3.66. The van der Waals surface area contributed by atoms with Gasteiger partial charge in [0.15, 0.2) is 5.13 Å². The van der Waals surface area contributed by atoms with E-state index in [2.05, 4.69) is 15.3 Å². The Balaban J connectivity index is 1.57. The number of nitrogens with one attached hydrogen (secondary N) is 1. The van der Waals surface area contributed by atoms with Gasteiger partial charge in [-0.3, -0.25) is 4.79 Å². The molecule has 0 aliphatic heterocycles. The van der Waals surface area contributed by atoms with E-state index in [4.69, 9.17) is 4.42 Å². The first-order chi connectivity index (χ1) is 12.9. The Labute approximate surface area is 163 Å². The van der Waals surface area contributed by atoms with Gasteiger partial charge < -0.3 is 9.73 Å². The van der Waals surface area contributed by atoms with Crippen molar-refractivity contribution in [3.63, 3.8) is 0 Å². The number of aromatic nitrogens is 2. The summed E-state index contributed by atoms with van der Waals surface area (Å²) < 4.78 is 33.1. The van der Waals surface area contributed by atoms with Gasteiger partial charge in [0.1, 0.15) is 17.4 Å². The van der Waals surface area contributed by atoms with Gasteiger partial charge >= 0.3 is 0 Å². The highest BCUT2D eigenvalue weighted by molar-refractivity contribution is 8.01. The van der Waals surface area contributed by atoms with E-state index >= 15 is 0 Å². The normalized spacial score (nSPS) is 12.1. The zero-order chi connectivity index (χ0) is 19.4. The highest BCUT2D eigenvalue weighted by Gasteiger charge is 2.16. The molecule has 142 valence electrons. The summed E-state index contributed by atoms with van der Waals surface area (Å²) >= 11 is 2.83. The molecule has 5 nitrogen and oxygen atoms in total. The SMILES string of the molecule is CCc1cnc(C(C)Sc2cnc(NC(=O)Cc3ccc(F)cc3F)s2)o1. The molecule has 0 saturated heterocycles. The topological polar surface area (TPSA) is 68.0 Å². The van der Waals surface area contributed by atoms with Crippen molar-refractivity contribution in [2.75, 3.05) is 5.32 Å². The van der Waals surface area contributed by atoms with Gasteiger partial charge in [-0.15, -0.1) is 11.8 Å². The molecule has 9 heteroatoms. The third-order valence-corrected chi connectivity index (χ3v) is 5.80. The first kappa shape index (κ1) is 19.5. The van der Waals surface area contributed by atoms with Gasteiger partial charge in [0.25, 0.3) is 0 Å². The molecule has 0 bridgehead atoms. The van der Waals surface area contributed by atoms with Crippen LogP contribution in [0.3, 0.4) is 0 Å². The minimum absolute atomic E-state index is 0.00242. The lowest BCUT2D eigenvalue weighted by molar-refractivity contribution is -0.115. The van der Waals surface area contributed by atoms with Crippen molar-refractivity contribution in [3.8, 4) is 0 Å². The van der Waals surface area contributed by atoms with Crippen LogP contribution in [-0.2, 0) is 17.6 Å². The number of aryl methyl sites for hydroxylation is 1. The van der Waals surface area contributed by atoms with E-state index in [1.54, 1.807) is 12.4 Å². The highest BCUT2D eigenvalue weighted by atomic mass is 32.2. The van der Waals surface area contributed by atoms with Gasteiger partial charge in [0.05, 0.1) is 28.3 Å². The second kappa shape index (κ2) is 8.62.